The summed E-state index contributed by atoms with van der Waals surface area (Å²) in [6, 6.07) is 25.2. The second kappa shape index (κ2) is 11.0. The molecule has 4 rings (SSSR count). The lowest BCUT2D eigenvalue weighted by atomic mass is 10.2. The molecule has 0 radical (unpaired) electrons. The number of benzene rings is 3. The van der Waals surface area contributed by atoms with Crippen LogP contribution in [0.3, 0.4) is 0 Å². The van der Waals surface area contributed by atoms with Crippen molar-refractivity contribution in [2.75, 3.05) is 16.9 Å². The molecule has 0 unspecified atom stereocenters. The van der Waals surface area contributed by atoms with E-state index in [4.69, 9.17) is 4.74 Å². The minimum atomic E-state index is -4.56. The fourth-order valence-corrected chi connectivity index (χ4v) is 3.22. The van der Waals surface area contributed by atoms with Crippen LogP contribution in [0.25, 0.3) is 0 Å². The van der Waals surface area contributed by atoms with Crippen molar-refractivity contribution in [3.05, 3.63) is 95.0 Å². The van der Waals surface area contributed by atoms with E-state index in [-0.39, 0.29) is 11.9 Å². The Kier molecular flexibility index (Phi) is 7.56. The van der Waals surface area contributed by atoms with Gasteiger partial charge in [0.2, 0.25) is 5.95 Å². The van der Waals surface area contributed by atoms with Crippen LogP contribution < -0.4 is 15.1 Å². The first kappa shape index (κ1) is 24.1. The first-order valence-corrected chi connectivity index (χ1v) is 11.1. The van der Waals surface area contributed by atoms with Gasteiger partial charge < -0.3 is 4.74 Å². The van der Waals surface area contributed by atoms with Gasteiger partial charge in [0.1, 0.15) is 0 Å². The Morgan fingerprint density at radius 3 is 2.03 bits per heavy atom. The molecule has 4 aromatic rings. The van der Waals surface area contributed by atoms with Crippen molar-refractivity contribution in [1.29, 1.82) is 0 Å². The molecule has 0 atom stereocenters. The number of hydrazone groups is 1. The van der Waals surface area contributed by atoms with E-state index in [9.17, 15) is 13.2 Å². The molecule has 7 nitrogen and oxygen atoms in total. The molecule has 0 fully saturated rings. The number of para-hydroxylation sites is 2. The van der Waals surface area contributed by atoms with E-state index in [2.05, 4.69) is 41.4 Å². The van der Waals surface area contributed by atoms with E-state index in [0.29, 0.717) is 11.4 Å². The Morgan fingerprint density at radius 1 is 0.857 bits per heavy atom. The maximum absolute atomic E-state index is 12.8. The van der Waals surface area contributed by atoms with Crippen LogP contribution in [-0.4, -0.2) is 33.9 Å². The van der Waals surface area contributed by atoms with Crippen molar-refractivity contribution in [2.24, 2.45) is 5.10 Å². The summed E-state index contributed by atoms with van der Waals surface area (Å²) in [6.07, 6.45) is -3.03. The van der Waals surface area contributed by atoms with Crippen LogP contribution in [0.2, 0.25) is 0 Å². The van der Waals surface area contributed by atoms with Gasteiger partial charge in [0.15, 0.2) is 6.61 Å². The number of alkyl halides is 3. The lowest BCUT2D eigenvalue weighted by molar-refractivity contribution is -0.154. The van der Waals surface area contributed by atoms with Crippen LogP contribution in [0.15, 0.2) is 94.5 Å². The Hall–Kier alpha value is -3.99. The average molecular weight is 543 g/mol. The molecule has 178 valence electrons. The normalized spacial score (nSPS) is 11.4. The first-order valence-electron chi connectivity index (χ1n) is 10.3. The summed E-state index contributed by atoms with van der Waals surface area (Å²) in [5.74, 6) is -0.0340. The topological polar surface area (TPSA) is 75.5 Å². The maximum Gasteiger partial charge on any atom is 0.422 e. The predicted octanol–water partition coefficient (Wildman–Crippen LogP) is 6.49. The quantitative estimate of drug-likeness (QED) is 0.202. The number of nitrogens with one attached hydrogen (secondary N) is 1. The van der Waals surface area contributed by atoms with E-state index in [0.717, 1.165) is 10.0 Å². The van der Waals surface area contributed by atoms with Crippen LogP contribution in [0, 0.1) is 0 Å². The highest BCUT2D eigenvalue weighted by Crippen LogP contribution is 2.33. The number of ether oxygens (including phenoxy) is 1. The van der Waals surface area contributed by atoms with Gasteiger partial charge in [-0.2, -0.15) is 33.2 Å². The number of nitrogens with zero attached hydrogens (tertiary/aromatic N) is 5. The molecular formula is C24H18BrF3N6O. The summed E-state index contributed by atoms with van der Waals surface area (Å²) in [7, 11) is 0. The van der Waals surface area contributed by atoms with Gasteiger partial charge in [-0.05, 0) is 42.0 Å². The van der Waals surface area contributed by atoms with Gasteiger partial charge >= 0.3 is 12.2 Å². The molecule has 1 N–H and O–H groups in total. The summed E-state index contributed by atoms with van der Waals surface area (Å²) in [6.45, 7) is -1.55. The lowest BCUT2D eigenvalue weighted by Crippen LogP contribution is -2.21. The van der Waals surface area contributed by atoms with Gasteiger partial charge in [-0.1, -0.05) is 64.5 Å². The van der Waals surface area contributed by atoms with Crippen molar-refractivity contribution in [1.82, 2.24) is 15.0 Å². The molecule has 0 saturated heterocycles. The first-order chi connectivity index (χ1) is 16.9. The van der Waals surface area contributed by atoms with Crippen molar-refractivity contribution in [3.63, 3.8) is 0 Å². The van der Waals surface area contributed by atoms with Gasteiger partial charge in [-0.25, -0.2) is 5.43 Å². The minimum absolute atomic E-state index is 0.0518. The summed E-state index contributed by atoms with van der Waals surface area (Å²) in [4.78, 5) is 14.2. The summed E-state index contributed by atoms with van der Waals surface area (Å²) < 4.78 is 44.2. The number of hydrogen-bond acceptors (Lipinski definition) is 7. The monoisotopic (exact) mass is 542 g/mol. The number of rotatable bonds is 8. The molecule has 0 spiro atoms. The summed E-state index contributed by atoms with van der Waals surface area (Å²) in [5.41, 5.74) is 4.82. The molecule has 0 saturated carbocycles. The van der Waals surface area contributed by atoms with Gasteiger partial charge in [0.25, 0.3) is 5.95 Å². The molecule has 0 amide bonds. The third kappa shape index (κ3) is 7.00. The van der Waals surface area contributed by atoms with Crippen molar-refractivity contribution < 1.29 is 17.9 Å². The van der Waals surface area contributed by atoms with Crippen LogP contribution >= 0.6 is 15.9 Å². The molecular weight excluding hydrogens is 525 g/mol. The molecule has 0 aliphatic rings. The van der Waals surface area contributed by atoms with E-state index in [1.165, 1.54) is 6.21 Å². The molecule has 0 aliphatic carbocycles. The summed E-state index contributed by atoms with van der Waals surface area (Å²) in [5, 5.41) is 4.10. The Labute approximate surface area is 207 Å². The summed E-state index contributed by atoms with van der Waals surface area (Å²) >= 11 is 3.36. The zero-order chi connectivity index (χ0) is 24.7. The lowest BCUT2D eigenvalue weighted by Gasteiger charge is -2.23. The minimum Gasteiger partial charge on any atom is -0.454 e. The highest BCUT2D eigenvalue weighted by molar-refractivity contribution is 9.10. The fourth-order valence-electron chi connectivity index (χ4n) is 2.95. The van der Waals surface area contributed by atoms with Crippen LogP contribution in [0.4, 0.5) is 36.4 Å². The second-order valence-electron chi connectivity index (χ2n) is 7.07. The van der Waals surface area contributed by atoms with Crippen molar-refractivity contribution in [3.8, 4) is 6.01 Å². The van der Waals surface area contributed by atoms with Crippen LogP contribution in [0.1, 0.15) is 5.56 Å². The van der Waals surface area contributed by atoms with Gasteiger partial charge in [-0.15, -0.1) is 0 Å². The average Bonchev–Trinajstić information content (AvgIpc) is 2.85. The predicted molar refractivity (Wildman–Crippen MR) is 131 cm³/mol. The van der Waals surface area contributed by atoms with E-state index >= 15 is 0 Å². The number of aromatic nitrogens is 3. The van der Waals surface area contributed by atoms with E-state index in [1.807, 2.05) is 84.9 Å². The van der Waals surface area contributed by atoms with Crippen LogP contribution in [0.5, 0.6) is 6.01 Å². The Balaban J connectivity index is 1.71. The highest BCUT2D eigenvalue weighted by Gasteiger charge is 2.29. The van der Waals surface area contributed by atoms with Gasteiger partial charge in [0.05, 0.1) is 6.21 Å². The zero-order valence-corrected chi connectivity index (χ0v) is 19.6. The van der Waals surface area contributed by atoms with Gasteiger partial charge in [-0.3, -0.25) is 4.90 Å². The molecule has 1 heterocycles. The second-order valence-corrected chi connectivity index (χ2v) is 7.99. The largest absolute Gasteiger partial charge is 0.454 e. The maximum atomic E-state index is 12.8. The smallest absolute Gasteiger partial charge is 0.422 e. The molecule has 35 heavy (non-hydrogen) atoms. The Bertz CT molecular complexity index is 1230. The molecule has 1 aromatic heterocycles. The number of hydrogen-bond donors (Lipinski definition) is 1. The number of anilines is 4. The third-order valence-electron chi connectivity index (χ3n) is 4.44. The number of halogens is 4. The van der Waals surface area contributed by atoms with Crippen LogP contribution in [-0.2, 0) is 0 Å². The van der Waals surface area contributed by atoms with Gasteiger partial charge in [0, 0.05) is 15.8 Å². The standard InChI is InChI=1S/C24H18BrF3N6O/c25-18-13-11-17(12-14-18)15-29-33-21-30-22(32-23(31-21)35-16-24(26,27)28)34(19-7-3-1-4-8-19)20-9-5-2-6-10-20/h1-15H,16H2,(H,30,31,32,33). The SMILES string of the molecule is FC(F)(F)COc1nc(NN=Cc2ccc(Br)cc2)nc(N(c2ccccc2)c2ccccc2)n1. The van der Waals surface area contributed by atoms with Crippen molar-refractivity contribution in [2.45, 2.75) is 6.18 Å². The fraction of sp³-hybridized carbons (Fsp3) is 0.0833. The molecule has 11 heteroatoms. The Morgan fingerprint density at radius 2 is 1.46 bits per heavy atom. The molecule has 0 bridgehead atoms. The van der Waals surface area contributed by atoms with E-state index < -0.39 is 18.8 Å². The zero-order valence-electron chi connectivity index (χ0n) is 18.0. The van der Waals surface area contributed by atoms with E-state index in [1.54, 1.807) is 4.90 Å². The highest BCUT2D eigenvalue weighted by atomic mass is 79.9. The molecule has 0 aliphatic heterocycles. The molecule has 3 aromatic carbocycles. The third-order valence-corrected chi connectivity index (χ3v) is 4.97. The van der Waals surface area contributed by atoms with Crippen molar-refractivity contribution >= 4 is 45.4 Å².